The molecule has 7 nitrogen and oxygen atoms in total. The summed E-state index contributed by atoms with van der Waals surface area (Å²) in [6.07, 6.45) is -4.63. The van der Waals surface area contributed by atoms with Crippen molar-refractivity contribution >= 4 is 27.3 Å². The maximum atomic E-state index is 13.1. The molecule has 2 aliphatic rings. The molecule has 0 bridgehead atoms. The van der Waals surface area contributed by atoms with Crippen LogP contribution in [0.5, 0.6) is 11.5 Å². The van der Waals surface area contributed by atoms with Crippen molar-refractivity contribution in [3.05, 3.63) is 48.5 Å². The largest absolute Gasteiger partial charge is 0.573 e. The number of benzene rings is 2. The molecule has 1 aliphatic carbocycles. The van der Waals surface area contributed by atoms with Crippen LogP contribution in [-0.2, 0) is 14.8 Å². The lowest BCUT2D eigenvalue weighted by Gasteiger charge is -2.23. The van der Waals surface area contributed by atoms with Crippen LogP contribution in [0.2, 0.25) is 0 Å². The molecule has 0 unspecified atom stereocenters. The minimum atomic E-state index is -4.83. The smallest absolute Gasteiger partial charge is 0.497 e. The number of halogens is 3. The summed E-state index contributed by atoms with van der Waals surface area (Å²) in [7, 11) is -2.47. The molecular formula is C19H17F3N2O5S. The zero-order valence-electron chi connectivity index (χ0n) is 15.6. The summed E-state index contributed by atoms with van der Waals surface area (Å²) in [6.45, 7) is 0.181. The molecule has 1 aliphatic heterocycles. The summed E-state index contributed by atoms with van der Waals surface area (Å²) in [6, 6.07) is 11.0. The van der Waals surface area contributed by atoms with E-state index in [2.05, 4.69) is 10.1 Å². The van der Waals surface area contributed by atoms with Crippen molar-refractivity contribution in [1.29, 1.82) is 0 Å². The van der Waals surface area contributed by atoms with Crippen LogP contribution in [-0.4, -0.2) is 39.1 Å². The third-order valence-corrected chi connectivity index (χ3v) is 7.82. The molecule has 4 rings (SSSR count). The minimum Gasteiger partial charge on any atom is -0.497 e. The Morgan fingerprint density at radius 2 is 1.70 bits per heavy atom. The normalized spacial score (nSPS) is 24.1. The predicted molar refractivity (Wildman–Crippen MR) is 102 cm³/mol. The van der Waals surface area contributed by atoms with Gasteiger partial charge in [0.25, 0.3) is 0 Å². The summed E-state index contributed by atoms with van der Waals surface area (Å²) in [5.74, 6) is -0.932. The molecule has 0 aromatic heterocycles. The van der Waals surface area contributed by atoms with Gasteiger partial charge < -0.3 is 14.8 Å². The van der Waals surface area contributed by atoms with Crippen molar-refractivity contribution < 1.29 is 35.9 Å². The van der Waals surface area contributed by atoms with E-state index in [4.69, 9.17) is 4.74 Å². The first-order valence-electron chi connectivity index (χ1n) is 8.90. The van der Waals surface area contributed by atoms with Gasteiger partial charge in [0.2, 0.25) is 15.9 Å². The van der Waals surface area contributed by atoms with E-state index >= 15 is 0 Å². The van der Waals surface area contributed by atoms with Crippen molar-refractivity contribution in [2.24, 2.45) is 5.92 Å². The zero-order chi connectivity index (χ0) is 21.7. The molecule has 2 aromatic rings. The highest BCUT2D eigenvalue weighted by atomic mass is 32.2. The highest BCUT2D eigenvalue weighted by molar-refractivity contribution is 7.95. The van der Waals surface area contributed by atoms with Crippen LogP contribution in [0.3, 0.4) is 0 Å². The highest BCUT2D eigenvalue weighted by Crippen LogP contribution is 2.58. The van der Waals surface area contributed by atoms with Crippen molar-refractivity contribution in [3.8, 4) is 11.5 Å². The van der Waals surface area contributed by atoms with Gasteiger partial charge in [0.15, 0.2) is 4.75 Å². The maximum Gasteiger partial charge on any atom is 0.573 e. The van der Waals surface area contributed by atoms with Gasteiger partial charge in [-0.15, -0.1) is 13.2 Å². The number of carbonyl (C=O) groups is 1. The lowest BCUT2D eigenvalue weighted by molar-refractivity contribution is -0.274. The molecule has 160 valence electrons. The second-order valence-electron chi connectivity index (χ2n) is 7.05. The number of amides is 1. The minimum absolute atomic E-state index is 0.174. The first-order valence-corrected chi connectivity index (χ1v) is 10.3. The van der Waals surface area contributed by atoms with Gasteiger partial charge in [0, 0.05) is 18.2 Å². The monoisotopic (exact) mass is 442 g/mol. The summed E-state index contributed by atoms with van der Waals surface area (Å²) in [5, 5.41) is 2.50. The standard InChI is InChI=1S/C19H17F3N2O5S/c1-28-15-8-4-14(5-9-15)24-11-12-10-18(12,30(24,26)27)17(25)23-13-2-6-16(7-3-13)29-19(20,21)22/h2-9,12H,10-11H2,1H3,(H,23,25)/t12-,18+/m0/s1. The number of nitrogens with one attached hydrogen (secondary N) is 1. The summed E-state index contributed by atoms with van der Waals surface area (Å²) < 4.78 is 71.5. The molecule has 1 heterocycles. The number of alkyl halides is 3. The van der Waals surface area contributed by atoms with Crippen molar-refractivity contribution in [3.63, 3.8) is 0 Å². The fourth-order valence-corrected chi connectivity index (χ4v) is 6.06. The van der Waals surface area contributed by atoms with Gasteiger partial charge in [-0.05, 0) is 55.0 Å². The molecule has 1 saturated carbocycles. The SMILES string of the molecule is COc1ccc(N2C[C@@H]3C[C@@]3(C(=O)Nc3ccc(OC(F)(F)F)cc3)S2(=O)=O)cc1. The predicted octanol–water partition coefficient (Wildman–Crippen LogP) is 3.14. The average molecular weight is 442 g/mol. The second kappa shape index (κ2) is 6.79. The Bertz CT molecular complexity index is 1070. The number of hydrogen-bond acceptors (Lipinski definition) is 5. The molecule has 30 heavy (non-hydrogen) atoms. The third-order valence-electron chi connectivity index (χ3n) is 5.28. The maximum absolute atomic E-state index is 13.1. The fourth-order valence-electron chi connectivity index (χ4n) is 3.69. The lowest BCUT2D eigenvalue weighted by Crippen LogP contribution is -2.42. The van der Waals surface area contributed by atoms with Gasteiger partial charge in [-0.25, -0.2) is 8.42 Å². The average Bonchev–Trinajstić information content (AvgIpc) is 3.38. The Morgan fingerprint density at radius 3 is 2.27 bits per heavy atom. The summed E-state index contributed by atoms with van der Waals surface area (Å²) in [4.78, 5) is 12.8. The number of hydrogen-bond donors (Lipinski definition) is 1. The molecule has 1 amide bonds. The Balaban J connectivity index is 1.51. The molecule has 1 N–H and O–H groups in total. The first-order chi connectivity index (χ1) is 14.1. The van der Waals surface area contributed by atoms with E-state index < -0.39 is 32.8 Å². The fraction of sp³-hybridized carbons (Fsp3) is 0.316. The van der Waals surface area contributed by atoms with Crippen LogP contribution in [0.25, 0.3) is 0 Å². The molecule has 2 fully saturated rings. The van der Waals surface area contributed by atoms with Crippen LogP contribution in [0.4, 0.5) is 24.5 Å². The molecule has 0 spiro atoms. The van der Waals surface area contributed by atoms with Gasteiger partial charge in [-0.3, -0.25) is 9.10 Å². The number of rotatable bonds is 5. The van der Waals surface area contributed by atoms with Crippen molar-refractivity contribution in [2.75, 3.05) is 23.3 Å². The molecule has 2 atom stereocenters. The van der Waals surface area contributed by atoms with Gasteiger partial charge >= 0.3 is 6.36 Å². The van der Waals surface area contributed by atoms with Crippen LogP contribution in [0.15, 0.2) is 48.5 Å². The highest BCUT2D eigenvalue weighted by Gasteiger charge is 2.75. The third kappa shape index (κ3) is 3.32. The number of ether oxygens (including phenoxy) is 2. The van der Waals surface area contributed by atoms with Crippen molar-refractivity contribution in [2.45, 2.75) is 17.5 Å². The Morgan fingerprint density at radius 1 is 1.10 bits per heavy atom. The number of methoxy groups -OCH3 is 1. The number of nitrogens with zero attached hydrogens (tertiary/aromatic N) is 1. The Hall–Kier alpha value is -2.95. The van der Waals surface area contributed by atoms with Crippen LogP contribution >= 0.6 is 0 Å². The summed E-state index contributed by atoms with van der Waals surface area (Å²) in [5.41, 5.74) is 0.608. The van der Waals surface area contributed by atoms with E-state index in [1.165, 1.54) is 23.5 Å². The van der Waals surface area contributed by atoms with Gasteiger partial charge in [-0.2, -0.15) is 0 Å². The van der Waals surface area contributed by atoms with Crippen LogP contribution < -0.4 is 19.1 Å². The zero-order valence-corrected chi connectivity index (χ0v) is 16.5. The molecule has 11 heteroatoms. The van der Waals surface area contributed by atoms with E-state index in [1.807, 2.05) is 0 Å². The van der Waals surface area contributed by atoms with E-state index in [0.717, 1.165) is 12.1 Å². The number of carbonyl (C=O) groups excluding carboxylic acids is 1. The van der Waals surface area contributed by atoms with E-state index in [-0.39, 0.29) is 24.6 Å². The number of sulfonamides is 1. The second-order valence-corrected chi connectivity index (χ2v) is 9.17. The topological polar surface area (TPSA) is 84.9 Å². The van der Waals surface area contributed by atoms with E-state index in [9.17, 15) is 26.4 Å². The van der Waals surface area contributed by atoms with Crippen molar-refractivity contribution in [1.82, 2.24) is 0 Å². The number of fused-ring (bicyclic) bond motifs is 1. The van der Waals surface area contributed by atoms with E-state index in [1.54, 1.807) is 24.3 Å². The Labute approximate surface area is 170 Å². The van der Waals surface area contributed by atoms with Gasteiger partial charge in [0.1, 0.15) is 11.5 Å². The first kappa shape index (κ1) is 20.3. The van der Waals surface area contributed by atoms with Gasteiger partial charge in [0.05, 0.1) is 12.8 Å². The number of anilines is 2. The van der Waals surface area contributed by atoms with Gasteiger partial charge in [-0.1, -0.05) is 0 Å². The Kier molecular flexibility index (Phi) is 4.60. The van der Waals surface area contributed by atoms with Crippen LogP contribution in [0.1, 0.15) is 6.42 Å². The van der Waals surface area contributed by atoms with E-state index in [0.29, 0.717) is 11.4 Å². The van der Waals surface area contributed by atoms with Crippen LogP contribution in [0, 0.1) is 5.92 Å². The molecular weight excluding hydrogens is 425 g/mol. The molecule has 2 aromatic carbocycles. The summed E-state index contributed by atoms with van der Waals surface area (Å²) >= 11 is 0. The quantitative estimate of drug-likeness (QED) is 0.769. The molecule has 0 radical (unpaired) electrons. The molecule has 1 saturated heterocycles. The lowest BCUT2D eigenvalue weighted by atomic mass is 10.2.